The van der Waals surface area contributed by atoms with Crippen LogP contribution in [0.5, 0.6) is 5.75 Å². The third-order valence-electron chi connectivity index (χ3n) is 4.55. The number of carbonyl (C=O) groups excluding carboxylic acids is 1. The quantitative estimate of drug-likeness (QED) is 0.650. The zero-order valence-electron chi connectivity index (χ0n) is 15.4. The Hall–Kier alpha value is -2.53. The average Bonchev–Trinajstić information content (AvgIpc) is 2.69. The first-order valence-electron chi connectivity index (χ1n) is 9.18. The van der Waals surface area contributed by atoms with Crippen LogP contribution in [0, 0.1) is 0 Å². The molecule has 1 aliphatic carbocycles. The van der Waals surface area contributed by atoms with Crippen molar-refractivity contribution in [1.82, 2.24) is 10.3 Å². The number of hydrogen-bond donors (Lipinski definition) is 2. The summed E-state index contributed by atoms with van der Waals surface area (Å²) < 4.78 is 5.14. The van der Waals surface area contributed by atoms with Crippen LogP contribution in [0.25, 0.3) is 0 Å². The Morgan fingerprint density at radius 3 is 2.74 bits per heavy atom. The van der Waals surface area contributed by atoms with Crippen LogP contribution in [0.15, 0.2) is 48.2 Å². The number of halogens is 1. The Labute approximate surface area is 164 Å². The van der Waals surface area contributed by atoms with E-state index < -0.39 is 0 Å². The first-order valence-corrected chi connectivity index (χ1v) is 9.56. The van der Waals surface area contributed by atoms with Crippen molar-refractivity contribution in [2.24, 2.45) is 0 Å². The first-order chi connectivity index (χ1) is 13.2. The summed E-state index contributed by atoms with van der Waals surface area (Å²) in [6, 6.07) is 8.97. The summed E-state index contributed by atoms with van der Waals surface area (Å²) in [5.41, 5.74) is 3.46. The lowest BCUT2D eigenvalue weighted by Crippen LogP contribution is -2.25. The van der Waals surface area contributed by atoms with Gasteiger partial charge in [0.2, 0.25) is 0 Å². The highest BCUT2D eigenvalue weighted by molar-refractivity contribution is 6.32. The zero-order valence-corrected chi connectivity index (χ0v) is 16.2. The number of ether oxygens (including phenoxy) is 1. The highest BCUT2D eigenvalue weighted by Gasteiger charge is 2.09. The highest BCUT2D eigenvalue weighted by atomic mass is 35.5. The molecule has 0 spiro atoms. The maximum atomic E-state index is 12.2. The van der Waals surface area contributed by atoms with Crippen LogP contribution in [-0.4, -0.2) is 24.5 Å². The van der Waals surface area contributed by atoms with Crippen molar-refractivity contribution in [2.45, 2.75) is 32.1 Å². The Morgan fingerprint density at radius 1 is 1.22 bits per heavy atom. The van der Waals surface area contributed by atoms with Crippen molar-refractivity contribution in [3.05, 3.63) is 58.9 Å². The molecule has 27 heavy (non-hydrogen) atoms. The molecule has 1 heterocycles. The van der Waals surface area contributed by atoms with E-state index in [1.165, 1.54) is 24.8 Å². The molecule has 5 nitrogen and oxygen atoms in total. The Kier molecular flexibility index (Phi) is 6.71. The van der Waals surface area contributed by atoms with Crippen molar-refractivity contribution < 1.29 is 9.53 Å². The molecule has 1 aliphatic rings. The average molecular weight is 386 g/mol. The van der Waals surface area contributed by atoms with Crippen LogP contribution < -0.4 is 15.4 Å². The maximum absolute atomic E-state index is 12.2. The van der Waals surface area contributed by atoms with E-state index in [0.717, 1.165) is 24.2 Å². The summed E-state index contributed by atoms with van der Waals surface area (Å²) >= 11 is 6.13. The van der Waals surface area contributed by atoms with E-state index in [9.17, 15) is 4.79 Å². The summed E-state index contributed by atoms with van der Waals surface area (Å²) in [6.07, 6.45) is 9.72. The lowest BCUT2D eigenvalue weighted by atomic mass is 9.97. The molecular formula is C21H24ClN3O2. The van der Waals surface area contributed by atoms with Crippen LogP contribution >= 0.6 is 11.6 Å². The van der Waals surface area contributed by atoms with E-state index in [2.05, 4.69) is 21.7 Å². The topological polar surface area (TPSA) is 63.2 Å². The first kappa shape index (κ1) is 19.2. The van der Waals surface area contributed by atoms with E-state index >= 15 is 0 Å². The molecule has 2 aromatic rings. The summed E-state index contributed by atoms with van der Waals surface area (Å²) in [5, 5.41) is 6.68. The fourth-order valence-corrected chi connectivity index (χ4v) is 3.33. The van der Waals surface area contributed by atoms with E-state index in [1.54, 1.807) is 31.5 Å². The van der Waals surface area contributed by atoms with E-state index in [4.69, 9.17) is 16.3 Å². The summed E-state index contributed by atoms with van der Waals surface area (Å²) in [6.45, 7) is 0.649. The van der Waals surface area contributed by atoms with Gasteiger partial charge >= 0.3 is 0 Å². The van der Waals surface area contributed by atoms with Crippen molar-refractivity contribution in [3.8, 4) is 5.75 Å². The molecule has 6 heteroatoms. The number of carbonyl (C=O) groups is 1. The van der Waals surface area contributed by atoms with Gasteiger partial charge in [0, 0.05) is 12.2 Å². The second kappa shape index (κ2) is 9.42. The van der Waals surface area contributed by atoms with Gasteiger partial charge in [0.15, 0.2) is 0 Å². The third-order valence-corrected chi connectivity index (χ3v) is 4.85. The van der Waals surface area contributed by atoms with Crippen LogP contribution in [0.2, 0.25) is 5.02 Å². The van der Waals surface area contributed by atoms with Gasteiger partial charge in [-0.25, -0.2) is 4.98 Å². The number of anilines is 2. The molecule has 142 valence electrons. The van der Waals surface area contributed by atoms with Gasteiger partial charge in [-0.3, -0.25) is 4.79 Å². The van der Waals surface area contributed by atoms with Crippen molar-refractivity contribution >= 4 is 28.9 Å². The Bertz CT molecular complexity index is 819. The van der Waals surface area contributed by atoms with Crippen LogP contribution in [0.3, 0.4) is 0 Å². The number of allylic oxidation sites excluding steroid dienone is 1. The van der Waals surface area contributed by atoms with Gasteiger partial charge < -0.3 is 15.4 Å². The van der Waals surface area contributed by atoms with Crippen molar-refractivity contribution in [2.75, 3.05) is 19.0 Å². The summed E-state index contributed by atoms with van der Waals surface area (Å²) in [5.74, 6) is 0.474. The molecule has 0 aliphatic heterocycles. The van der Waals surface area contributed by atoms with Gasteiger partial charge in [0.1, 0.15) is 11.4 Å². The molecular weight excluding hydrogens is 362 g/mol. The molecule has 2 N–H and O–H groups in total. The van der Waals surface area contributed by atoms with Crippen LogP contribution in [0.4, 0.5) is 11.4 Å². The number of rotatable bonds is 7. The normalized spacial score (nSPS) is 13.6. The highest BCUT2D eigenvalue weighted by Crippen LogP contribution is 2.28. The lowest BCUT2D eigenvalue weighted by Gasteiger charge is -2.13. The second-order valence-corrected chi connectivity index (χ2v) is 6.93. The number of hydrogen-bond acceptors (Lipinski definition) is 4. The minimum atomic E-state index is -0.148. The second-order valence-electron chi connectivity index (χ2n) is 6.52. The molecule has 1 aromatic carbocycles. The predicted molar refractivity (Wildman–Crippen MR) is 109 cm³/mol. The minimum absolute atomic E-state index is 0.148. The van der Waals surface area contributed by atoms with E-state index in [1.807, 2.05) is 12.1 Å². The summed E-state index contributed by atoms with van der Waals surface area (Å²) in [4.78, 5) is 16.5. The fraction of sp³-hybridized carbons (Fsp3) is 0.333. The monoisotopic (exact) mass is 385 g/mol. The van der Waals surface area contributed by atoms with Crippen LogP contribution in [-0.2, 0) is 0 Å². The van der Waals surface area contributed by atoms with Gasteiger partial charge in [-0.15, -0.1) is 0 Å². The molecule has 1 aromatic heterocycles. The number of amides is 1. The van der Waals surface area contributed by atoms with Gasteiger partial charge in [-0.05, 0) is 62.4 Å². The maximum Gasteiger partial charge on any atom is 0.269 e. The number of pyridine rings is 1. The van der Waals surface area contributed by atoms with E-state index in [0.29, 0.717) is 23.0 Å². The minimum Gasteiger partial charge on any atom is -0.495 e. The molecule has 0 unspecified atom stereocenters. The van der Waals surface area contributed by atoms with Crippen molar-refractivity contribution in [3.63, 3.8) is 0 Å². The molecule has 1 amide bonds. The standard InChI is InChI=1S/C21H24ClN3O2/c1-27-20-10-8-16(13-18(20)22)25-17-7-9-19(24-14-17)21(26)23-12-11-15-5-3-2-4-6-15/h5,7-10,13-14,25H,2-4,6,11-12H2,1H3,(H,23,26). The van der Waals surface area contributed by atoms with E-state index in [-0.39, 0.29) is 5.91 Å². The number of nitrogens with zero attached hydrogens (tertiary/aromatic N) is 1. The Balaban J connectivity index is 1.52. The molecule has 0 bridgehead atoms. The van der Waals surface area contributed by atoms with Gasteiger partial charge in [-0.2, -0.15) is 0 Å². The van der Waals surface area contributed by atoms with Gasteiger partial charge in [0.25, 0.3) is 5.91 Å². The fourth-order valence-electron chi connectivity index (χ4n) is 3.07. The number of aromatic nitrogens is 1. The molecule has 0 saturated heterocycles. The number of nitrogens with one attached hydrogen (secondary N) is 2. The van der Waals surface area contributed by atoms with Crippen LogP contribution in [0.1, 0.15) is 42.6 Å². The molecule has 0 radical (unpaired) electrons. The molecule has 0 fully saturated rings. The predicted octanol–water partition coefficient (Wildman–Crippen LogP) is 5.11. The Morgan fingerprint density at radius 2 is 2.07 bits per heavy atom. The lowest BCUT2D eigenvalue weighted by molar-refractivity contribution is 0.0949. The number of benzene rings is 1. The van der Waals surface area contributed by atoms with Gasteiger partial charge in [0.05, 0.1) is 24.0 Å². The largest absolute Gasteiger partial charge is 0.495 e. The molecule has 0 atom stereocenters. The third kappa shape index (κ3) is 5.47. The molecule has 0 saturated carbocycles. The summed E-state index contributed by atoms with van der Waals surface area (Å²) in [7, 11) is 1.58. The number of methoxy groups -OCH3 is 1. The zero-order chi connectivity index (χ0) is 19.1. The van der Waals surface area contributed by atoms with Crippen molar-refractivity contribution in [1.29, 1.82) is 0 Å². The SMILES string of the molecule is COc1ccc(Nc2ccc(C(=O)NCCC3=CCCCC3)nc2)cc1Cl. The smallest absolute Gasteiger partial charge is 0.269 e. The molecule has 3 rings (SSSR count). The van der Waals surface area contributed by atoms with Gasteiger partial charge in [-0.1, -0.05) is 23.3 Å².